The first-order chi connectivity index (χ1) is 9.69. The van der Waals surface area contributed by atoms with E-state index in [0.29, 0.717) is 18.2 Å². The van der Waals surface area contributed by atoms with Gasteiger partial charge in [0.2, 0.25) is 0 Å². The average molecular weight is 431 g/mol. The summed E-state index contributed by atoms with van der Waals surface area (Å²) in [5.41, 5.74) is -1.31. The maximum atomic E-state index is 12.9. The molecule has 0 radical (unpaired) electrons. The minimum Gasteiger partial charge on any atom is -0.346 e. The van der Waals surface area contributed by atoms with Gasteiger partial charge in [0, 0.05) is 20.9 Å². The van der Waals surface area contributed by atoms with Crippen molar-refractivity contribution in [2.75, 3.05) is 5.33 Å². The standard InChI is InChI=1S/C14H16Br2F3NO/c1-3-13(4-2,8-15)20-12(21)9-5-6-11(16)10(7-9)14(17,18)19/h5-7H,3-4,8H2,1-2H3,(H,20,21). The molecular formula is C14H16Br2F3NO. The third kappa shape index (κ3) is 4.45. The fourth-order valence-corrected chi connectivity index (χ4v) is 3.25. The van der Waals surface area contributed by atoms with E-state index in [1.54, 1.807) is 0 Å². The molecule has 21 heavy (non-hydrogen) atoms. The van der Waals surface area contributed by atoms with Gasteiger partial charge in [0.25, 0.3) is 5.91 Å². The van der Waals surface area contributed by atoms with Crippen LogP contribution in [0.25, 0.3) is 0 Å². The Labute approximate surface area is 138 Å². The normalized spacial score (nSPS) is 12.3. The smallest absolute Gasteiger partial charge is 0.346 e. The monoisotopic (exact) mass is 429 g/mol. The van der Waals surface area contributed by atoms with Crippen LogP contribution in [0.1, 0.15) is 42.6 Å². The lowest BCUT2D eigenvalue weighted by Crippen LogP contribution is -2.49. The van der Waals surface area contributed by atoms with Crippen LogP contribution in [0.15, 0.2) is 22.7 Å². The van der Waals surface area contributed by atoms with E-state index in [9.17, 15) is 18.0 Å². The van der Waals surface area contributed by atoms with E-state index >= 15 is 0 Å². The first-order valence-electron chi connectivity index (χ1n) is 6.44. The van der Waals surface area contributed by atoms with Crippen LogP contribution in [0.2, 0.25) is 0 Å². The second-order valence-electron chi connectivity index (χ2n) is 4.77. The maximum Gasteiger partial charge on any atom is 0.417 e. The van der Waals surface area contributed by atoms with Gasteiger partial charge in [0.15, 0.2) is 0 Å². The Kier molecular flexibility index (Phi) is 6.28. The Bertz CT molecular complexity index is 505. The van der Waals surface area contributed by atoms with Gasteiger partial charge in [-0.1, -0.05) is 45.7 Å². The first kappa shape index (κ1) is 18.5. The number of rotatable bonds is 5. The van der Waals surface area contributed by atoms with E-state index in [1.807, 2.05) is 13.8 Å². The molecule has 1 rings (SSSR count). The number of nitrogens with one attached hydrogen (secondary N) is 1. The fraction of sp³-hybridized carbons (Fsp3) is 0.500. The highest BCUT2D eigenvalue weighted by Gasteiger charge is 2.34. The van der Waals surface area contributed by atoms with Crippen molar-refractivity contribution >= 4 is 37.8 Å². The van der Waals surface area contributed by atoms with Gasteiger partial charge in [-0.3, -0.25) is 4.79 Å². The van der Waals surface area contributed by atoms with E-state index in [2.05, 4.69) is 37.2 Å². The lowest BCUT2D eigenvalue weighted by Gasteiger charge is -2.31. The second-order valence-corrected chi connectivity index (χ2v) is 6.18. The van der Waals surface area contributed by atoms with Crippen molar-refractivity contribution in [2.24, 2.45) is 0 Å². The van der Waals surface area contributed by atoms with Crippen molar-refractivity contribution < 1.29 is 18.0 Å². The highest BCUT2D eigenvalue weighted by atomic mass is 79.9. The summed E-state index contributed by atoms with van der Waals surface area (Å²) in [6.45, 7) is 3.85. The predicted octanol–water partition coefficient (Wildman–Crippen LogP) is 5.15. The Hall–Kier alpha value is -0.560. The van der Waals surface area contributed by atoms with Crippen molar-refractivity contribution in [3.8, 4) is 0 Å². The van der Waals surface area contributed by atoms with Gasteiger partial charge in [-0.15, -0.1) is 0 Å². The number of hydrogen-bond acceptors (Lipinski definition) is 1. The zero-order chi connectivity index (χ0) is 16.3. The van der Waals surface area contributed by atoms with Gasteiger partial charge >= 0.3 is 6.18 Å². The molecule has 0 aliphatic heterocycles. The molecule has 1 amide bonds. The quantitative estimate of drug-likeness (QED) is 0.643. The number of benzene rings is 1. The van der Waals surface area contributed by atoms with Crippen LogP contribution in [0.3, 0.4) is 0 Å². The number of carbonyl (C=O) groups excluding carboxylic acids is 1. The SMILES string of the molecule is CCC(CC)(CBr)NC(=O)c1ccc(Br)c(C(F)(F)F)c1. The average Bonchev–Trinajstić information content (AvgIpc) is 2.44. The van der Waals surface area contributed by atoms with E-state index in [1.165, 1.54) is 12.1 Å². The van der Waals surface area contributed by atoms with Gasteiger partial charge in [-0.2, -0.15) is 13.2 Å². The largest absolute Gasteiger partial charge is 0.417 e. The summed E-state index contributed by atoms with van der Waals surface area (Å²) >= 11 is 6.21. The van der Waals surface area contributed by atoms with Gasteiger partial charge in [0.05, 0.1) is 5.56 Å². The Morgan fingerprint density at radius 2 is 1.81 bits per heavy atom. The van der Waals surface area contributed by atoms with Gasteiger partial charge in [-0.05, 0) is 31.0 Å². The topological polar surface area (TPSA) is 29.1 Å². The molecule has 0 spiro atoms. The number of carbonyl (C=O) groups is 1. The zero-order valence-electron chi connectivity index (χ0n) is 11.7. The van der Waals surface area contributed by atoms with Crippen molar-refractivity contribution in [1.82, 2.24) is 5.32 Å². The van der Waals surface area contributed by atoms with Crippen molar-refractivity contribution in [3.63, 3.8) is 0 Å². The summed E-state index contributed by atoms with van der Waals surface area (Å²) in [4.78, 5) is 12.2. The Balaban J connectivity index is 3.09. The Morgan fingerprint density at radius 1 is 1.24 bits per heavy atom. The van der Waals surface area contributed by atoms with Crippen molar-refractivity contribution in [2.45, 2.75) is 38.4 Å². The van der Waals surface area contributed by atoms with Crippen LogP contribution in [0.5, 0.6) is 0 Å². The van der Waals surface area contributed by atoms with Crippen LogP contribution in [-0.2, 0) is 6.18 Å². The van der Waals surface area contributed by atoms with Crippen LogP contribution in [-0.4, -0.2) is 16.8 Å². The van der Waals surface area contributed by atoms with E-state index in [4.69, 9.17) is 0 Å². The molecule has 0 saturated carbocycles. The zero-order valence-corrected chi connectivity index (χ0v) is 14.8. The van der Waals surface area contributed by atoms with Crippen LogP contribution < -0.4 is 5.32 Å². The van der Waals surface area contributed by atoms with Crippen LogP contribution in [0, 0.1) is 0 Å². The molecule has 0 fully saturated rings. The summed E-state index contributed by atoms with van der Waals surface area (Å²) in [6.07, 6.45) is -3.14. The molecule has 1 aromatic carbocycles. The third-order valence-corrected chi connectivity index (χ3v) is 5.29. The van der Waals surface area contributed by atoms with E-state index < -0.39 is 23.2 Å². The highest BCUT2D eigenvalue weighted by molar-refractivity contribution is 9.10. The van der Waals surface area contributed by atoms with Crippen molar-refractivity contribution in [1.29, 1.82) is 0 Å². The first-order valence-corrected chi connectivity index (χ1v) is 8.35. The van der Waals surface area contributed by atoms with Crippen LogP contribution in [0.4, 0.5) is 13.2 Å². The summed E-state index contributed by atoms with van der Waals surface area (Å²) < 4.78 is 38.5. The molecule has 0 atom stereocenters. The molecule has 0 unspecified atom stereocenters. The molecule has 1 aromatic rings. The molecule has 0 saturated heterocycles. The summed E-state index contributed by atoms with van der Waals surface area (Å²) in [7, 11) is 0. The third-order valence-electron chi connectivity index (χ3n) is 3.52. The van der Waals surface area contributed by atoms with Gasteiger partial charge in [0.1, 0.15) is 0 Å². The molecule has 0 aliphatic carbocycles. The fourth-order valence-electron chi connectivity index (χ4n) is 1.85. The number of amides is 1. The van der Waals surface area contributed by atoms with E-state index in [0.717, 1.165) is 6.07 Å². The lowest BCUT2D eigenvalue weighted by atomic mass is 9.95. The molecule has 7 heteroatoms. The minimum absolute atomic E-state index is 0.00208. The molecule has 118 valence electrons. The summed E-state index contributed by atoms with van der Waals surface area (Å²) in [6, 6.07) is 3.48. The number of halogens is 5. The van der Waals surface area contributed by atoms with Gasteiger partial charge < -0.3 is 5.32 Å². The van der Waals surface area contributed by atoms with Crippen LogP contribution >= 0.6 is 31.9 Å². The molecule has 0 bridgehead atoms. The molecule has 1 N–H and O–H groups in total. The minimum atomic E-state index is -4.50. The summed E-state index contributed by atoms with van der Waals surface area (Å²) in [5, 5.41) is 3.37. The lowest BCUT2D eigenvalue weighted by molar-refractivity contribution is -0.138. The summed E-state index contributed by atoms with van der Waals surface area (Å²) in [5.74, 6) is -0.504. The van der Waals surface area contributed by atoms with Gasteiger partial charge in [-0.25, -0.2) is 0 Å². The van der Waals surface area contributed by atoms with Crippen molar-refractivity contribution in [3.05, 3.63) is 33.8 Å². The number of alkyl halides is 4. The molecular weight excluding hydrogens is 415 g/mol. The molecule has 0 aromatic heterocycles. The van der Waals surface area contributed by atoms with E-state index in [-0.39, 0.29) is 10.0 Å². The molecule has 2 nitrogen and oxygen atoms in total. The maximum absolute atomic E-state index is 12.9. The highest BCUT2D eigenvalue weighted by Crippen LogP contribution is 2.35. The molecule has 0 heterocycles. The predicted molar refractivity (Wildman–Crippen MR) is 83.7 cm³/mol. The Morgan fingerprint density at radius 3 is 2.24 bits per heavy atom. The molecule has 0 aliphatic rings. The second kappa shape index (κ2) is 7.13. The number of hydrogen-bond donors (Lipinski definition) is 1.